The number of aliphatic hydroxyl groups is 1. The van der Waals surface area contributed by atoms with E-state index >= 15 is 0 Å². The molecule has 86 valence electrons. The number of aromatic nitrogens is 2. The Bertz CT molecular complexity index is 480. The SMILES string of the molecule is CC(CCO)Nc1nc2ccc(N)cc2[nH]1. The Morgan fingerprint density at radius 2 is 2.38 bits per heavy atom. The molecular formula is C11H16N4O. The van der Waals surface area contributed by atoms with E-state index in [1.807, 2.05) is 25.1 Å². The Morgan fingerprint density at radius 3 is 3.12 bits per heavy atom. The van der Waals surface area contributed by atoms with Crippen molar-refractivity contribution in [2.75, 3.05) is 17.7 Å². The van der Waals surface area contributed by atoms with Gasteiger partial charge in [0, 0.05) is 18.3 Å². The average Bonchev–Trinajstić information content (AvgIpc) is 2.59. The summed E-state index contributed by atoms with van der Waals surface area (Å²) in [6.45, 7) is 2.17. The van der Waals surface area contributed by atoms with Crippen molar-refractivity contribution in [2.24, 2.45) is 0 Å². The van der Waals surface area contributed by atoms with Crippen molar-refractivity contribution in [1.29, 1.82) is 0 Å². The zero-order valence-electron chi connectivity index (χ0n) is 9.20. The highest BCUT2D eigenvalue weighted by Crippen LogP contribution is 2.17. The van der Waals surface area contributed by atoms with Crippen LogP contribution in [0, 0.1) is 0 Å². The standard InChI is InChI=1S/C11H16N4O/c1-7(4-5-16)13-11-14-9-3-2-8(12)6-10(9)15-11/h2-3,6-7,16H,4-5,12H2,1H3,(H2,13,14,15). The normalized spacial score (nSPS) is 12.9. The van der Waals surface area contributed by atoms with Gasteiger partial charge in [-0.3, -0.25) is 0 Å². The van der Waals surface area contributed by atoms with Gasteiger partial charge in [-0.05, 0) is 31.5 Å². The molecule has 0 saturated carbocycles. The van der Waals surface area contributed by atoms with E-state index in [1.165, 1.54) is 0 Å². The first-order valence-electron chi connectivity index (χ1n) is 5.31. The molecule has 16 heavy (non-hydrogen) atoms. The van der Waals surface area contributed by atoms with E-state index in [4.69, 9.17) is 10.8 Å². The number of nitrogen functional groups attached to an aromatic ring is 1. The maximum absolute atomic E-state index is 8.80. The van der Waals surface area contributed by atoms with E-state index in [-0.39, 0.29) is 12.6 Å². The summed E-state index contributed by atoms with van der Waals surface area (Å²) in [4.78, 5) is 7.51. The third-order valence-electron chi connectivity index (χ3n) is 2.45. The lowest BCUT2D eigenvalue weighted by Gasteiger charge is -2.10. The number of aromatic amines is 1. The van der Waals surface area contributed by atoms with Gasteiger partial charge in [-0.1, -0.05) is 0 Å². The molecule has 0 aliphatic carbocycles. The lowest BCUT2D eigenvalue weighted by atomic mass is 10.2. The van der Waals surface area contributed by atoms with Crippen LogP contribution >= 0.6 is 0 Å². The second-order valence-corrected chi connectivity index (χ2v) is 3.92. The van der Waals surface area contributed by atoms with Crippen LogP contribution in [0.4, 0.5) is 11.6 Å². The van der Waals surface area contributed by atoms with Crippen molar-refractivity contribution in [3.05, 3.63) is 18.2 Å². The Balaban J connectivity index is 2.19. The first kappa shape index (κ1) is 10.8. The van der Waals surface area contributed by atoms with Crippen LogP contribution in [0.3, 0.4) is 0 Å². The number of aliphatic hydroxyl groups excluding tert-OH is 1. The molecule has 0 fully saturated rings. The number of hydrogen-bond acceptors (Lipinski definition) is 4. The number of anilines is 2. The Labute approximate surface area is 93.7 Å². The topological polar surface area (TPSA) is 87.0 Å². The van der Waals surface area contributed by atoms with Crippen molar-refractivity contribution in [3.8, 4) is 0 Å². The minimum Gasteiger partial charge on any atom is -0.399 e. The molecule has 1 heterocycles. The first-order valence-corrected chi connectivity index (χ1v) is 5.31. The molecule has 1 aromatic heterocycles. The number of hydrogen-bond donors (Lipinski definition) is 4. The molecular weight excluding hydrogens is 204 g/mol. The first-order chi connectivity index (χ1) is 7.69. The Morgan fingerprint density at radius 1 is 1.56 bits per heavy atom. The van der Waals surface area contributed by atoms with Gasteiger partial charge >= 0.3 is 0 Å². The van der Waals surface area contributed by atoms with Gasteiger partial charge in [0.05, 0.1) is 11.0 Å². The van der Waals surface area contributed by atoms with Gasteiger partial charge in [-0.25, -0.2) is 4.98 Å². The predicted octanol–water partition coefficient (Wildman–Crippen LogP) is 1.33. The van der Waals surface area contributed by atoms with Crippen LogP contribution < -0.4 is 11.1 Å². The summed E-state index contributed by atoms with van der Waals surface area (Å²) in [5, 5.41) is 12.0. The molecule has 1 aromatic carbocycles. The lowest BCUT2D eigenvalue weighted by molar-refractivity contribution is 0.282. The summed E-state index contributed by atoms with van der Waals surface area (Å²) in [6.07, 6.45) is 0.694. The highest BCUT2D eigenvalue weighted by molar-refractivity contribution is 5.80. The summed E-state index contributed by atoms with van der Waals surface area (Å²) in [7, 11) is 0. The fourth-order valence-electron chi connectivity index (χ4n) is 1.59. The van der Waals surface area contributed by atoms with E-state index in [0.717, 1.165) is 11.0 Å². The molecule has 0 aliphatic heterocycles. The van der Waals surface area contributed by atoms with Gasteiger partial charge in [0.25, 0.3) is 0 Å². The Kier molecular flexibility index (Phi) is 2.96. The summed E-state index contributed by atoms with van der Waals surface area (Å²) in [6, 6.07) is 5.74. The number of nitrogens with zero attached hydrogens (tertiary/aromatic N) is 1. The Hall–Kier alpha value is -1.75. The largest absolute Gasteiger partial charge is 0.399 e. The predicted molar refractivity (Wildman–Crippen MR) is 65.3 cm³/mol. The maximum atomic E-state index is 8.80. The van der Waals surface area contributed by atoms with E-state index in [9.17, 15) is 0 Å². The van der Waals surface area contributed by atoms with Crippen LogP contribution in [0.2, 0.25) is 0 Å². The maximum Gasteiger partial charge on any atom is 0.201 e. The van der Waals surface area contributed by atoms with Gasteiger partial charge in [0.15, 0.2) is 0 Å². The third-order valence-corrected chi connectivity index (χ3v) is 2.45. The zero-order chi connectivity index (χ0) is 11.5. The van der Waals surface area contributed by atoms with Crippen LogP contribution in [0.5, 0.6) is 0 Å². The van der Waals surface area contributed by atoms with Gasteiger partial charge in [0.2, 0.25) is 5.95 Å². The number of nitrogens with two attached hydrogens (primary N) is 1. The lowest BCUT2D eigenvalue weighted by Crippen LogP contribution is -2.17. The van der Waals surface area contributed by atoms with Crippen molar-refractivity contribution in [1.82, 2.24) is 9.97 Å². The number of fused-ring (bicyclic) bond motifs is 1. The van der Waals surface area contributed by atoms with Crippen LogP contribution in [0.15, 0.2) is 18.2 Å². The van der Waals surface area contributed by atoms with Crippen LogP contribution in [-0.2, 0) is 0 Å². The molecule has 0 aliphatic rings. The second kappa shape index (κ2) is 4.40. The monoisotopic (exact) mass is 220 g/mol. The molecule has 1 atom stereocenters. The third kappa shape index (κ3) is 2.25. The summed E-state index contributed by atoms with van der Waals surface area (Å²) >= 11 is 0. The van der Waals surface area contributed by atoms with Gasteiger partial charge in [-0.2, -0.15) is 0 Å². The summed E-state index contributed by atoms with van der Waals surface area (Å²) in [5.74, 6) is 0.710. The average molecular weight is 220 g/mol. The minimum absolute atomic E-state index is 0.168. The summed E-state index contributed by atoms with van der Waals surface area (Å²) in [5.41, 5.74) is 8.19. The summed E-state index contributed by atoms with van der Waals surface area (Å²) < 4.78 is 0. The molecule has 5 N–H and O–H groups in total. The number of H-pyrrole nitrogens is 1. The smallest absolute Gasteiger partial charge is 0.201 e. The van der Waals surface area contributed by atoms with Gasteiger partial charge in [-0.15, -0.1) is 0 Å². The van der Waals surface area contributed by atoms with E-state index in [0.29, 0.717) is 18.1 Å². The van der Waals surface area contributed by atoms with Gasteiger partial charge < -0.3 is 21.1 Å². The van der Waals surface area contributed by atoms with Crippen LogP contribution in [0.1, 0.15) is 13.3 Å². The molecule has 0 radical (unpaired) electrons. The van der Waals surface area contributed by atoms with Crippen molar-refractivity contribution < 1.29 is 5.11 Å². The van der Waals surface area contributed by atoms with E-state index in [1.54, 1.807) is 0 Å². The number of imidazole rings is 1. The highest BCUT2D eigenvalue weighted by Gasteiger charge is 2.05. The molecule has 5 heteroatoms. The fraction of sp³-hybridized carbons (Fsp3) is 0.364. The number of nitrogens with one attached hydrogen (secondary N) is 2. The molecule has 2 rings (SSSR count). The molecule has 1 unspecified atom stereocenters. The van der Waals surface area contributed by atoms with Crippen molar-refractivity contribution in [3.63, 3.8) is 0 Å². The molecule has 0 saturated heterocycles. The van der Waals surface area contributed by atoms with Crippen molar-refractivity contribution >= 4 is 22.7 Å². The fourth-order valence-corrected chi connectivity index (χ4v) is 1.59. The van der Waals surface area contributed by atoms with E-state index < -0.39 is 0 Å². The zero-order valence-corrected chi connectivity index (χ0v) is 9.20. The molecule has 2 aromatic rings. The molecule has 0 amide bonds. The number of rotatable bonds is 4. The highest BCUT2D eigenvalue weighted by atomic mass is 16.3. The molecule has 0 bridgehead atoms. The van der Waals surface area contributed by atoms with Crippen LogP contribution in [-0.4, -0.2) is 27.7 Å². The second-order valence-electron chi connectivity index (χ2n) is 3.92. The minimum atomic E-state index is 0.168. The van der Waals surface area contributed by atoms with Gasteiger partial charge in [0.1, 0.15) is 0 Å². The quantitative estimate of drug-likeness (QED) is 0.585. The van der Waals surface area contributed by atoms with Crippen LogP contribution in [0.25, 0.3) is 11.0 Å². The molecule has 0 spiro atoms. The van der Waals surface area contributed by atoms with Crippen molar-refractivity contribution in [2.45, 2.75) is 19.4 Å². The number of benzene rings is 1. The molecule has 5 nitrogen and oxygen atoms in total. The van der Waals surface area contributed by atoms with E-state index in [2.05, 4.69) is 15.3 Å².